The minimum atomic E-state index is -0.895. The highest BCUT2D eigenvalue weighted by Gasteiger charge is 2.09. The molecule has 5 nitrogen and oxygen atoms in total. The van der Waals surface area contributed by atoms with Crippen LogP contribution >= 0.6 is 0 Å². The Kier molecular flexibility index (Phi) is 4.02. The van der Waals surface area contributed by atoms with Crippen molar-refractivity contribution < 1.29 is 14.7 Å². The minimum absolute atomic E-state index is 0.437. The van der Waals surface area contributed by atoms with Gasteiger partial charge in [0.15, 0.2) is 0 Å². The van der Waals surface area contributed by atoms with Crippen LogP contribution in [0.3, 0.4) is 0 Å². The molecule has 0 aliphatic carbocycles. The van der Waals surface area contributed by atoms with Crippen molar-refractivity contribution in [2.75, 3.05) is 0 Å². The van der Waals surface area contributed by atoms with Gasteiger partial charge in [0, 0.05) is 12.1 Å². The van der Waals surface area contributed by atoms with Crippen LogP contribution in [0.4, 0.5) is 0 Å². The Bertz CT molecular complexity index is 387. The number of primary amides is 1. The summed E-state index contributed by atoms with van der Waals surface area (Å²) < 4.78 is 0. The molecule has 0 saturated heterocycles. The molecule has 0 spiro atoms. The van der Waals surface area contributed by atoms with Crippen molar-refractivity contribution in [1.82, 2.24) is 5.32 Å². The van der Waals surface area contributed by atoms with Crippen LogP contribution in [0.25, 0.3) is 0 Å². The van der Waals surface area contributed by atoms with Crippen LogP contribution < -0.4 is 11.1 Å². The average molecular weight is 222 g/mol. The van der Waals surface area contributed by atoms with E-state index in [4.69, 9.17) is 10.8 Å². The molecule has 1 aromatic carbocycles. The Balaban J connectivity index is 2.56. The summed E-state index contributed by atoms with van der Waals surface area (Å²) in [6.07, 6.45) is 0. The summed E-state index contributed by atoms with van der Waals surface area (Å²) >= 11 is 0. The van der Waals surface area contributed by atoms with Crippen molar-refractivity contribution in [2.45, 2.75) is 19.5 Å². The van der Waals surface area contributed by atoms with E-state index < -0.39 is 17.9 Å². The first kappa shape index (κ1) is 12.2. The van der Waals surface area contributed by atoms with E-state index in [2.05, 4.69) is 5.32 Å². The van der Waals surface area contributed by atoms with Crippen LogP contribution in [-0.4, -0.2) is 23.0 Å². The Morgan fingerprint density at radius 3 is 2.38 bits per heavy atom. The first-order chi connectivity index (χ1) is 7.50. The van der Waals surface area contributed by atoms with Crippen LogP contribution in [0.1, 0.15) is 22.8 Å². The van der Waals surface area contributed by atoms with Crippen molar-refractivity contribution in [1.29, 1.82) is 0 Å². The van der Waals surface area contributed by atoms with E-state index in [0.717, 1.165) is 5.56 Å². The summed E-state index contributed by atoms with van der Waals surface area (Å²) in [5.74, 6) is -1.37. The molecule has 1 aromatic rings. The van der Waals surface area contributed by atoms with Gasteiger partial charge >= 0.3 is 5.97 Å². The lowest BCUT2D eigenvalue weighted by molar-refractivity contribution is -0.139. The maximum absolute atomic E-state index is 10.8. The van der Waals surface area contributed by atoms with Crippen molar-refractivity contribution in [3.8, 4) is 0 Å². The maximum atomic E-state index is 10.8. The number of hydrogen-bond acceptors (Lipinski definition) is 3. The first-order valence-corrected chi connectivity index (χ1v) is 4.85. The van der Waals surface area contributed by atoms with Gasteiger partial charge in [0.25, 0.3) is 0 Å². The molecule has 0 bridgehead atoms. The molecule has 4 N–H and O–H groups in total. The number of carbonyl (C=O) groups excluding carboxylic acids is 1. The SMILES string of the molecule is C[C@H](NCc1ccc(C(N)=O)cc1)C(=O)O. The predicted molar refractivity (Wildman–Crippen MR) is 58.9 cm³/mol. The second-order valence-electron chi connectivity index (χ2n) is 3.50. The summed E-state index contributed by atoms with van der Waals surface area (Å²) in [6, 6.07) is 6.11. The van der Waals surface area contributed by atoms with Crippen molar-refractivity contribution in [3.05, 3.63) is 35.4 Å². The molecule has 0 aromatic heterocycles. The van der Waals surface area contributed by atoms with Crippen LogP contribution in [0, 0.1) is 0 Å². The van der Waals surface area contributed by atoms with Crippen molar-refractivity contribution >= 4 is 11.9 Å². The lowest BCUT2D eigenvalue weighted by Gasteiger charge is -2.08. The summed E-state index contributed by atoms with van der Waals surface area (Å²) in [7, 11) is 0. The lowest BCUT2D eigenvalue weighted by atomic mass is 10.1. The second-order valence-corrected chi connectivity index (χ2v) is 3.50. The molecular weight excluding hydrogens is 208 g/mol. The van der Waals surface area contributed by atoms with Gasteiger partial charge in [0.1, 0.15) is 6.04 Å². The molecule has 0 aliphatic heterocycles. The molecule has 1 atom stereocenters. The molecule has 1 rings (SSSR count). The van der Waals surface area contributed by atoms with Gasteiger partial charge in [0.2, 0.25) is 5.91 Å². The van der Waals surface area contributed by atoms with Gasteiger partial charge in [-0.15, -0.1) is 0 Å². The topological polar surface area (TPSA) is 92.4 Å². The van der Waals surface area contributed by atoms with Gasteiger partial charge in [-0.3, -0.25) is 9.59 Å². The summed E-state index contributed by atoms with van der Waals surface area (Å²) in [5.41, 5.74) is 6.43. The van der Waals surface area contributed by atoms with Crippen molar-refractivity contribution in [3.63, 3.8) is 0 Å². The van der Waals surface area contributed by atoms with Crippen LogP contribution in [-0.2, 0) is 11.3 Å². The Labute approximate surface area is 93.3 Å². The van der Waals surface area contributed by atoms with E-state index in [9.17, 15) is 9.59 Å². The molecule has 1 amide bonds. The van der Waals surface area contributed by atoms with Gasteiger partial charge in [-0.25, -0.2) is 0 Å². The van der Waals surface area contributed by atoms with Crippen LogP contribution in [0.5, 0.6) is 0 Å². The zero-order valence-electron chi connectivity index (χ0n) is 8.93. The van der Waals surface area contributed by atoms with E-state index in [-0.39, 0.29) is 0 Å². The number of carbonyl (C=O) groups is 2. The summed E-state index contributed by atoms with van der Waals surface area (Å²) in [5, 5.41) is 11.5. The van der Waals surface area contributed by atoms with E-state index in [1.54, 1.807) is 31.2 Å². The fourth-order valence-electron chi connectivity index (χ4n) is 1.15. The fourth-order valence-corrected chi connectivity index (χ4v) is 1.15. The van der Waals surface area contributed by atoms with E-state index in [1.807, 2.05) is 0 Å². The number of nitrogens with one attached hydrogen (secondary N) is 1. The first-order valence-electron chi connectivity index (χ1n) is 4.85. The standard InChI is InChI=1S/C11H14N2O3/c1-7(11(15)16)13-6-8-2-4-9(5-3-8)10(12)14/h2-5,7,13H,6H2,1H3,(H2,12,14)(H,15,16)/t7-/m0/s1. The second kappa shape index (κ2) is 5.27. The molecule has 0 aliphatic rings. The number of aliphatic carboxylic acids is 1. The van der Waals surface area contributed by atoms with Crippen LogP contribution in [0.2, 0.25) is 0 Å². The molecule has 16 heavy (non-hydrogen) atoms. The van der Waals surface area contributed by atoms with Crippen molar-refractivity contribution in [2.24, 2.45) is 5.73 Å². The Morgan fingerprint density at radius 2 is 1.94 bits per heavy atom. The van der Waals surface area contributed by atoms with Gasteiger partial charge < -0.3 is 16.2 Å². The zero-order valence-corrected chi connectivity index (χ0v) is 8.93. The fraction of sp³-hybridized carbons (Fsp3) is 0.273. The minimum Gasteiger partial charge on any atom is -0.480 e. The van der Waals surface area contributed by atoms with Crippen LogP contribution in [0.15, 0.2) is 24.3 Å². The van der Waals surface area contributed by atoms with Gasteiger partial charge in [-0.2, -0.15) is 0 Å². The number of carboxylic acids is 1. The highest BCUT2D eigenvalue weighted by Crippen LogP contribution is 2.03. The number of rotatable bonds is 5. The monoisotopic (exact) mass is 222 g/mol. The molecular formula is C11H14N2O3. The molecule has 86 valence electrons. The molecule has 0 saturated carbocycles. The molecule has 0 unspecified atom stereocenters. The smallest absolute Gasteiger partial charge is 0.320 e. The number of carboxylic acid groups (broad SMARTS) is 1. The lowest BCUT2D eigenvalue weighted by Crippen LogP contribution is -2.33. The normalized spacial score (nSPS) is 12.1. The number of hydrogen-bond donors (Lipinski definition) is 3. The van der Waals surface area contributed by atoms with Gasteiger partial charge in [0.05, 0.1) is 0 Å². The third-order valence-corrected chi connectivity index (χ3v) is 2.22. The number of nitrogens with two attached hydrogens (primary N) is 1. The average Bonchev–Trinajstić information content (AvgIpc) is 2.26. The zero-order chi connectivity index (χ0) is 12.1. The maximum Gasteiger partial charge on any atom is 0.320 e. The molecule has 0 heterocycles. The van der Waals surface area contributed by atoms with E-state index in [1.165, 1.54) is 0 Å². The Morgan fingerprint density at radius 1 is 1.38 bits per heavy atom. The largest absolute Gasteiger partial charge is 0.480 e. The van der Waals surface area contributed by atoms with Gasteiger partial charge in [-0.05, 0) is 24.6 Å². The molecule has 5 heteroatoms. The molecule has 0 radical (unpaired) electrons. The summed E-state index contributed by atoms with van der Waals surface area (Å²) in [6.45, 7) is 2.01. The number of amides is 1. The quantitative estimate of drug-likeness (QED) is 0.670. The third-order valence-electron chi connectivity index (χ3n) is 2.22. The predicted octanol–water partition coefficient (Wildman–Crippen LogP) is 0.348. The highest BCUT2D eigenvalue weighted by atomic mass is 16.4. The van der Waals surface area contributed by atoms with E-state index >= 15 is 0 Å². The molecule has 0 fully saturated rings. The highest BCUT2D eigenvalue weighted by molar-refractivity contribution is 5.92. The van der Waals surface area contributed by atoms with Gasteiger partial charge in [-0.1, -0.05) is 12.1 Å². The van der Waals surface area contributed by atoms with E-state index in [0.29, 0.717) is 12.1 Å². The number of benzene rings is 1. The Hall–Kier alpha value is -1.88. The third kappa shape index (κ3) is 3.36. The summed E-state index contributed by atoms with van der Waals surface area (Å²) in [4.78, 5) is 21.3.